The fourth-order valence-corrected chi connectivity index (χ4v) is 8.63. The van der Waals surface area contributed by atoms with Gasteiger partial charge in [0, 0.05) is 48.6 Å². The Morgan fingerprint density at radius 3 is 1.78 bits per heavy atom. The first-order chi connectivity index (χ1) is 24.8. The van der Waals surface area contributed by atoms with E-state index in [0.717, 1.165) is 45.2 Å². The number of benzene rings is 7. The van der Waals surface area contributed by atoms with E-state index in [2.05, 4.69) is 174 Å². The number of para-hydroxylation sites is 2. The Balaban J connectivity index is 1.23. The Kier molecular flexibility index (Phi) is 6.68. The molecule has 0 amide bonds. The summed E-state index contributed by atoms with van der Waals surface area (Å²) in [6.07, 6.45) is 0. The van der Waals surface area contributed by atoms with Crippen LogP contribution < -0.4 is 0 Å². The number of nitrogens with zero attached hydrogens (tertiary/aromatic N) is 3. The van der Waals surface area contributed by atoms with Gasteiger partial charge < -0.3 is 4.57 Å². The standard InChI is InChI=1S/C46H29N3S/c1-4-14-30(15-5-1)32-18-12-19-33(28-32)41-29-40(31-16-6-2-7-17-31)47-46(48-41)39-24-13-23-37-38-27-26-36-35-22-10-11-25-42(35)49(34-20-8-3-9-21-34)43(36)45(38)50-44(37)39/h1-29H. The quantitative estimate of drug-likeness (QED) is 0.185. The normalized spacial score (nSPS) is 11.6. The predicted octanol–water partition coefficient (Wildman–Crippen LogP) is 12.6. The van der Waals surface area contributed by atoms with Gasteiger partial charge in [-0.1, -0.05) is 140 Å². The molecule has 0 saturated carbocycles. The third-order valence-corrected chi connectivity index (χ3v) is 10.9. The lowest BCUT2D eigenvalue weighted by atomic mass is 10.0. The minimum absolute atomic E-state index is 0.725. The van der Waals surface area contributed by atoms with Crippen molar-refractivity contribution in [2.75, 3.05) is 0 Å². The van der Waals surface area contributed by atoms with Crippen LogP contribution in [-0.2, 0) is 0 Å². The first-order valence-corrected chi connectivity index (χ1v) is 17.7. The van der Waals surface area contributed by atoms with Crippen molar-refractivity contribution < 1.29 is 0 Å². The highest BCUT2D eigenvalue weighted by atomic mass is 32.1. The second kappa shape index (κ2) is 11.7. The molecule has 0 N–H and O–H groups in total. The fourth-order valence-electron chi connectivity index (χ4n) is 7.29. The lowest BCUT2D eigenvalue weighted by molar-refractivity contribution is 1.19. The van der Waals surface area contributed by atoms with Gasteiger partial charge in [-0.05, 0) is 47.5 Å². The first-order valence-electron chi connectivity index (χ1n) is 16.8. The van der Waals surface area contributed by atoms with Gasteiger partial charge in [-0.15, -0.1) is 11.3 Å². The van der Waals surface area contributed by atoms with Crippen molar-refractivity contribution >= 4 is 53.3 Å². The van der Waals surface area contributed by atoms with Gasteiger partial charge in [0.1, 0.15) is 0 Å². The molecule has 0 atom stereocenters. The first kappa shape index (κ1) is 28.6. The van der Waals surface area contributed by atoms with Gasteiger partial charge in [-0.2, -0.15) is 0 Å². The highest BCUT2D eigenvalue weighted by molar-refractivity contribution is 7.27. The molecule has 0 bridgehead atoms. The van der Waals surface area contributed by atoms with E-state index in [9.17, 15) is 0 Å². The molecule has 0 unspecified atom stereocenters. The van der Waals surface area contributed by atoms with Gasteiger partial charge in [0.25, 0.3) is 0 Å². The Morgan fingerprint density at radius 2 is 0.980 bits per heavy atom. The summed E-state index contributed by atoms with van der Waals surface area (Å²) < 4.78 is 4.88. The van der Waals surface area contributed by atoms with Gasteiger partial charge in [-0.25, -0.2) is 9.97 Å². The zero-order valence-corrected chi connectivity index (χ0v) is 27.8. The summed E-state index contributed by atoms with van der Waals surface area (Å²) in [6.45, 7) is 0. The zero-order valence-electron chi connectivity index (χ0n) is 27.0. The molecule has 10 rings (SSSR count). The van der Waals surface area contributed by atoms with E-state index >= 15 is 0 Å². The Labute approximate surface area is 293 Å². The van der Waals surface area contributed by atoms with Crippen LogP contribution in [0.2, 0.25) is 0 Å². The number of aromatic nitrogens is 3. The molecule has 0 radical (unpaired) electrons. The zero-order chi connectivity index (χ0) is 33.0. The molecule has 3 heterocycles. The molecule has 0 aliphatic heterocycles. The molecular weight excluding hydrogens is 627 g/mol. The van der Waals surface area contributed by atoms with E-state index in [0.29, 0.717) is 0 Å². The summed E-state index contributed by atoms with van der Waals surface area (Å²) in [5.74, 6) is 0.725. The number of hydrogen-bond acceptors (Lipinski definition) is 3. The largest absolute Gasteiger partial charge is 0.308 e. The van der Waals surface area contributed by atoms with Crippen molar-refractivity contribution in [3.63, 3.8) is 0 Å². The van der Waals surface area contributed by atoms with Crippen LogP contribution in [-0.4, -0.2) is 14.5 Å². The maximum absolute atomic E-state index is 5.31. The highest BCUT2D eigenvalue weighted by Crippen LogP contribution is 2.45. The minimum atomic E-state index is 0.725. The van der Waals surface area contributed by atoms with E-state index in [1.165, 1.54) is 47.5 Å². The van der Waals surface area contributed by atoms with Crippen molar-refractivity contribution in [2.24, 2.45) is 0 Å². The topological polar surface area (TPSA) is 30.7 Å². The van der Waals surface area contributed by atoms with Gasteiger partial charge >= 0.3 is 0 Å². The Bertz CT molecular complexity index is 2850. The van der Waals surface area contributed by atoms with E-state index in [-0.39, 0.29) is 0 Å². The van der Waals surface area contributed by atoms with Crippen LogP contribution in [0.5, 0.6) is 0 Å². The Morgan fingerprint density at radius 1 is 0.400 bits per heavy atom. The molecule has 0 aliphatic rings. The van der Waals surface area contributed by atoms with Crippen LogP contribution in [0.3, 0.4) is 0 Å². The molecule has 3 nitrogen and oxygen atoms in total. The third kappa shape index (κ3) is 4.65. The summed E-state index contributed by atoms with van der Waals surface area (Å²) >= 11 is 1.84. The molecule has 3 aromatic heterocycles. The SMILES string of the molecule is c1ccc(-c2cccc(-c3cc(-c4ccccc4)nc(-c4cccc5c4sc4c5ccc5c6ccccc6n(-c6ccccc6)c54)n3)c2)cc1. The average Bonchev–Trinajstić information content (AvgIpc) is 3.75. The van der Waals surface area contributed by atoms with Gasteiger partial charge in [-0.3, -0.25) is 0 Å². The molecule has 0 saturated heterocycles. The third-order valence-electron chi connectivity index (χ3n) is 9.62. The van der Waals surface area contributed by atoms with E-state index in [4.69, 9.17) is 9.97 Å². The van der Waals surface area contributed by atoms with Crippen LogP contribution >= 0.6 is 11.3 Å². The van der Waals surface area contributed by atoms with Crippen molar-refractivity contribution in [1.82, 2.24) is 14.5 Å². The smallest absolute Gasteiger partial charge is 0.161 e. The van der Waals surface area contributed by atoms with Crippen LogP contribution in [0.1, 0.15) is 0 Å². The van der Waals surface area contributed by atoms with Crippen molar-refractivity contribution in [3.05, 3.63) is 176 Å². The Hall–Kier alpha value is -6.36. The maximum atomic E-state index is 5.31. The molecule has 7 aromatic carbocycles. The lowest BCUT2D eigenvalue weighted by Crippen LogP contribution is -1.96. The van der Waals surface area contributed by atoms with Gasteiger partial charge in [0.2, 0.25) is 0 Å². The van der Waals surface area contributed by atoms with E-state index in [1.807, 2.05) is 17.4 Å². The average molecular weight is 656 g/mol. The van der Waals surface area contributed by atoms with Crippen LogP contribution in [0, 0.1) is 0 Å². The molecule has 234 valence electrons. The van der Waals surface area contributed by atoms with Crippen molar-refractivity contribution in [3.8, 4) is 50.7 Å². The minimum Gasteiger partial charge on any atom is -0.308 e. The second-order valence-electron chi connectivity index (χ2n) is 12.6. The van der Waals surface area contributed by atoms with Crippen molar-refractivity contribution in [2.45, 2.75) is 0 Å². The molecule has 0 spiro atoms. The van der Waals surface area contributed by atoms with Crippen LogP contribution in [0.25, 0.3) is 92.7 Å². The predicted molar refractivity (Wildman–Crippen MR) is 211 cm³/mol. The molecule has 4 heteroatoms. The summed E-state index contributed by atoms with van der Waals surface area (Å²) in [5.41, 5.74) is 10.9. The summed E-state index contributed by atoms with van der Waals surface area (Å²) in [7, 11) is 0. The fraction of sp³-hybridized carbons (Fsp3) is 0. The lowest BCUT2D eigenvalue weighted by Gasteiger charge is -2.11. The molecular formula is C46H29N3S. The molecule has 0 fully saturated rings. The molecule has 50 heavy (non-hydrogen) atoms. The molecule has 0 aliphatic carbocycles. The van der Waals surface area contributed by atoms with Gasteiger partial charge in [0.05, 0.1) is 27.1 Å². The van der Waals surface area contributed by atoms with Crippen molar-refractivity contribution in [1.29, 1.82) is 0 Å². The number of rotatable bonds is 5. The number of hydrogen-bond donors (Lipinski definition) is 0. The van der Waals surface area contributed by atoms with Gasteiger partial charge in [0.15, 0.2) is 5.82 Å². The second-order valence-corrected chi connectivity index (χ2v) is 13.6. The number of thiophene rings is 1. The number of fused-ring (bicyclic) bond motifs is 7. The maximum Gasteiger partial charge on any atom is 0.161 e. The van der Waals surface area contributed by atoms with E-state index < -0.39 is 0 Å². The summed E-state index contributed by atoms with van der Waals surface area (Å²) in [6, 6.07) is 62.3. The summed E-state index contributed by atoms with van der Waals surface area (Å²) in [4.78, 5) is 10.6. The van der Waals surface area contributed by atoms with Crippen LogP contribution in [0.4, 0.5) is 0 Å². The van der Waals surface area contributed by atoms with E-state index in [1.54, 1.807) is 0 Å². The highest BCUT2D eigenvalue weighted by Gasteiger charge is 2.20. The summed E-state index contributed by atoms with van der Waals surface area (Å²) in [5, 5.41) is 4.98. The monoisotopic (exact) mass is 655 g/mol. The van der Waals surface area contributed by atoms with Crippen LogP contribution in [0.15, 0.2) is 176 Å². The molecule has 10 aromatic rings.